The molecule has 28 heavy (non-hydrogen) atoms. The lowest BCUT2D eigenvalue weighted by atomic mass is 10.2. The van der Waals surface area contributed by atoms with E-state index >= 15 is 0 Å². The van der Waals surface area contributed by atoms with E-state index in [-0.39, 0.29) is 12.7 Å². The van der Waals surface area contributed by atoms with Crippen LogP contribution in [-0.4, -0.2) is 22.9 Å². The summed E-state index contributed by atoms with van der Waals surface area (Å²) < 4.78 is 11.4. The molecule has 142 valence electrons. The zero-order valence-electron chi connectivity index (χ0n) is 14.4. The number of ether oxygens (including phenoxy) is 2. The molecule has 3 aromatic rings. The van der Waals surface area contributed by atoms with Crippen molar-refractivity contribution in [1.82, 2.24) is 10.2 Å². The Kier molecular flexibility index (Phi) is 5.80. The Morgan fingerprint density at radius 2 is 2.00 bits per heavy atom. The first-order chi connectivity index (χ1) is 13.7. The number of benzene rings is 2. The zero-order chi connectivity index (χ0) is 19.3. The first-order valence-corrected chi connectivity index (χ1v) is 10.4. The summed E-state index contributed by atoms with van der Waals surface area (Å²) in [4.78, 5) is 12.1. The molecule has 0 atom stereocenters. The van der Waals surface area contributed by atoms with Crippen LogP contribution in [-0.2, 0) is 10.5 Å². The van der Waals surface area contributed by atoms with Crippen LogP contribution in [0.4, 0.5) is 5.13 Å². The molecule has 4 rings (SSSR count). The van der Waals surface area contributed by atoms with Gasteiger partial charge in [-0.2, -0.15) is 0 Å². The van der Waals surface area contributed by atoms with Crippen LogP contribution in [0.15, 0.2) is 52.9 Å². The van der Waals surface area contributed by atoms with Gasteiger partial charge in [0.2, 0.25) is 17.8 Å². The van der Waals surface area contributed by atoms with Gasteiger partial charge < -0.3 is 9.47 Å². The molecular formula is C19H14ClN3O3S2. The van der Waals surface area contributed by atoms with E-state index in [2.05, 4.69) is 15.5 Å². The molecule has 0 saturated carbocycles. The second-order valence-electron chi connectivity index (χ2n) is 5.72. The lowest BCUT2D eigenvalue weighted by Crippen LogP contribution is -2.07. The van der Waals surface area contributed by atoms with E-state index in [1.807, 2.05) is 42.5 Å². The van der Waals surface area contributed by atoms with Gasteiger partial charge in [-0.25, -0.2) is 0 Å². The van der Waals surface area contributed by atoms with Gasteiger partial charge in [0.1, 0.15) is 0 Å². The third-order valence-corrected chi connectivity index (χ3v) is 6.03. The average molecular weight is 432 g/mol. The molecule has 2 heterocycles. The Morgan fingerprint density at radius 1 is 1.18 bits per heavy atom. The van der Waals surface area contributed by atoms with Gasteiger partial charge in [-0.1, -0.05) is 52.9 Å². The Labute approximate surface area is 174 Å². The molecule has 0 bridgehead atoms. The first-order valence-electron chi connectivity index (χ1n) is 8.25. The second kappa shape index (κ2) is 8.64. The summed E-state index contributed by atoms with van der Waals surface area (Å²) in [7, 11) is 0. The molecule has 0 radical (unpaired) electrons. The first kappa shape index (κ1) is 18.8. The van der Waals surface area contributed by atoms with Crippen molar-refractivity contribution in [1.29, 1.82) is 0 Å². The van der Waals surface area contributed by atoms with Crippen molar-refractivity contribution in [3.05, 3.63) is 64.7 Å². The summed E-state index contributed by atoms with van der Waals surface area (Å²) in [6.07, 6.45) is 3.15. The molecule has 2 aromatic carbocycles. The van der Waals surface area contributed by atoms with E-state index in [0.717, 1.165) is 21.2 Å². The molecule has 0 fully saturated rings. The number of nitrogens with zero attached hydrogens (tertiary/aromatic N) is 2. The lowest BCUT2D eigenvalue weighted by Gasteiger charge is -1.98. The number of fused-ring (bicyclic) bond motifs is 1. The molecule has 0 saturated heterocycles. The van der Waals surface area contributed by atoms with E-state index in [4.69, 9.17) is 21.1 Å². The van der Waals surface area contributed by atoms with Crippen molar-refractivity contribution in [2.24, 2.45) is 0 Å². The van der Waals surface area contributed by atoms with Gasteiger partial charge in [-0.15, -0.1) is 10.2 Å². The molecular weight excluding hydrogens is 418 g/mol. The van der Waals surface area contributed by atoms with Crippen molar-refractivity contribution in [3.63, 3.8) is 0 Å². The number of hydrogen-bond donors (Lipinski definition) is 1. The second-order valence-corrected chi connectivity index (χ2v) is 8.36. The minimum atomic E-state index is -0.275. The fraction of sp³-hybridized carbons (Fsp3) is 0.105. The summed E-state index contributed by atoms with van der Waals surface area (Å²) in [5, 5.41) is 12.0. The number of aromatic nitrogens is 2. The van der Waals surface area contributed by atoms with Gasteiger partial charge in [0, 0.05) is 16.9 Å². The predicted octanol–water partition coefficient (Wildman–Crippen LogP) is 4.86. The van der Waals surface area contributed by atoms with Crippen molar-refractivity contribution < 1.29 is 14.3 Å². The van der Waals surface area contributed by atoms with Crippen molar-refractivity contribution in [2.75, 3.05) is 12.1 Å². The Balaban J connectivity index is 1.30. The highest BCUT2D eigenvalue weighted by Gasteiger charge is 2.12. The van der Waals surface area contributed by atoms with E-state index < -0.39 is 0 Å². The maximum atomic E-state index is 12.1. The van der Waals surface area contributed by atoms with Gasteiger partial charge in [-0.3, -0.25) is 10.1 Å². The highest BCUT2D eigenvalue weighted by Crippen LogP contribution is 2.33. The number of carbonyl (C=O) groups is 1. The minimum absolute atomic E-state index is 0.221. The average Bonchev–Trinajstić information content (AvgIpc) is 3.34. The third kappa shape index (κ3) is 4.83. The molecule has 6 nitrogen and oxygen atoms in total. The number of nitrogens with one attached hydrogen (secondary N) is 1. The van der Waals surface area contributed by atoms with Gasteiger partial charge in [-0.05, 0) is 41.5 Å². The number of halogens is 1. The van der Waals surface area contributed by atoms with Gasteiger partial charge in [0.15, 0.2) is 15.8 Å². The molecule has 1 aromatic heterocycles. The van der Waals surface area contributed by atoms with Crippen LogP contribution in [0.3, 0.4) is 0 Å². The molecule has 1 N–H and O–H groups in total. The van der Waals surface area contributed by atoms with Crippen LogP contribution >= 0.6 is 34.7 Å². The molecule has 0 spiro atoms. The van der Waals surface area contributed by atoms with E-state index in [9.17, 15) is 4.79 Å². The molecule has 9 heteroatoms. The largest absolute Gasteiger partial charge is 0.454 e. The van der Waals surface area contributed by atoms with Crippen molar-refractivity contribution in [2.45, 2.75) is 10.1 Å². The van der Waals surface area contributed by atoms with Crippen LogP contribution in [0.5, 0.6) is 11.5 Å². The topological polar surface area (TPSA) is 73.3 Å². The summed E-state index contributed by atoms with van der Waals surface area (Å²) in [5.74, 6) is 1.86. The number of rotatable bonds is 6. The fourth-order valence-corrected chi connectivity index (χ4v) is 4.22. The number of thioether (sulfide) groups is 1. The SMILES string of the molecule is O=C(/C=C/c1ccc2c(c1)OCO2)Nc1nnc(SCc2ccc(Cl)cc2)s1. The summed E-state index contributed by atoms with van der Waals surface area (Å²) in [5.41, 5.74) is 1.98. The highest BCUT2D eigenvalue weighted by atomic mass is 35.5. The zero-order valence-corrected chi connectivity index (χ0v) is 16.8. The third-order valence-electron chi connectivity index (χ3n) is 3.74. The Bertz CT molecular complexity index is 1020. The van der Waals surface area contributed by atoms with Crippen LogP contribution in [0.25, 0.3) is 6.08 Å². The van der Waals surface area contributed by atoms with Gasteiger partial charge >= 0.3 is 0 Å². The predicted molar refractivity (Wildman–Crippen MR) is 111 cm³/mol. The molecule has 1 aliphatic rings. The summed E-state index contributed by atoms with van der Waals surface area (Å²) in [6.45, 7) is 0.221. The monoisotopic (exact) mass is 431 g/mol. The van der Waals surface area contributed by atoms with Crippen molar-refractivity contribution in [3.8, 4) is 11.5 Å². The van der Waals surface area contributed by atoms with Crippen LogP contribution in [0.2, 0.25) is 5.02 Å². The number of amides is 1. The Morgan fingerprint density at radius 3 is 2.86 bits per heavy atom. The van der Waals surface area contributed by atoms with Crippen LogP contribution in [0.1, 0.15) is 11.1 Å². The summed E-state index contributed by atoms with van der Waals surface area (Å²) in [6, 6.07) is 13.1. The maximum Gasteiger partial charge on any atom is 0.250 e. The molecule has 0 unspecified atom stereocenters. The molecule has 1 amide bonds. The lowest BCUT2D eigenvalue weighted by molar-refractivity contribution is -0.111. The highest BCUT2D eigenvalue weighted by molar-refractivity contribution is 8.00. The molecule has 0 aliphatic carbocycles. The van der Waals surface area contributed by atoms with Crippen molar-refractivity contribution >= 4 is 51.8 Å². The van der Waals surface area contributed by atoms with Gasteiger partial charge in [0.05, 0.1) is 0 Å². The number of carbonyl (C=O) groups excluding carboxylic acids is 1. The van der Waals surface area contributed by atoms with E-state index in [0.29, 0.717) is 21.7 Å². The smallest absolute Gasteiger partial charge is 0.250 e. The molecule has 1 aliphatic heterocycles. The maximum absolute atomic E-state index is 12.1. The Hall–Kier alpha value is -2.55. The number of anilines is 1. The van der Waals surface area contributed by atoms with Crippen LogP contribution < -0.4 is 14.8 Å². The standard InChI is InChI=1S/C19H14ClN3O3S2/c20-14-5-1-13(2-6-14)10-27-19-23-22-18(28-19)21-17(24)8-4-12-3-7-15-16(9-12)26-11-25-15/h1-9H,10-11H2,(H,21,22,24)/b8-4+. The summed E-state index contributed by atoms with van der Waals surface area (Å²) >= 11 is 8.78. The van der Waals surface area contributed by atoms with Crippen LogP contribution in [0, 0.1) is 0 Å². The normalized spacial score (nSPS) is 12.5. The van der Waals surface area contributed by atoms with E-state index in [1.165, 1.54) is 17.4 Å². The number of hydrogen-bond acceptors (Lipinski definition) is 7. The fourth-order valence-electron chi connectivity index (χ4n) is 2.38. The quantitative estimate of drug-likeness (QED) is 0.341. The van der Waals surface area contributed by atoms with E-state index in [1.54, 1.807) is 17.8 Å². The van der Waals surface area contributed by atoms with Gasteiger partial charge in [0.25, 0.3) is 0 Å². The minimum Gasteiger partial charge on any atom is -0.454 e.